The third-order valence-electron chi connectivity index (χ3n) is 8.97. The second-order valence-electron chi connectivity index (χ2n) is 12.9. The molecule has 1 saturated heterocycles. The van der Waals surface area contributed by atoms with E-state index in [4.69, 9.17) is 19.9 Å². The molecular weight excluding hydrogens is 550 g/mol. The molecule has 0 aliphatic carbocycles. The molecule has 1 rings (SSSR count). The van der Waals surface area contributed by atoms with E-state index in [0.717, 1.165) is 12.0 Å². The van der Waals surface area contributed by atoms with E-state index in [-0.39, 0.29) is 59.9 Å². The molecule has 0 bridgehead atoms. The molecule has 0 radical (unpaired) electrons. The molecular formula is C34H59NO8. The summed E-state index contributed by atoms with van der Waals surface area (Å²) in [6.07, 6.45) is 6.78. The van der Waals surface area contributed by atoms with Gasteiger partial charge in [-0.1, -0.05) is 84.4 Å². The first-order valence-electron chi connectivity index (χ1n) is 15.8. The maximum Gasteiger partial charge on any atom is 0.404 e. The monoisotopic (exact) mass is 609 g/mol. The van der Waals surface area contributed by atoms with Crippen LogP contribution in [-0.2, 0) is 19.0 Å². The molecule has 0 aromatic rings. The van der Waals surface area contributed by atoms with Crippen molar-refractivity contribution in [2.75, 3.05) is 7.11 Å². The molecule has 9 heteroatoms. The summed E-state index contributed by atoms with van der Waals surface area (Å²) in [4.78, 5) is 23.8. The van der Waals surface area contributed by atoms with Crippen molar-refractivity contribution in [2.24, 2.45) is 47.2 Å². The zero-order valence-corrected chi connectivity index (χ0v) is 28.0. The summed E-state index contributed by atoms with van der Waals surface area (Å²) in [5.41, 5.74) is 6.36. The molecule has 1 heterocycles. The van der Waals surface area contributed by atoms with E-state index in [2.05, 4.69) is 0 Å². The number of rotatable bonds is 17. The Bertz CT molecular complexity index is 949. The van der Waals surface area contributed by atoms with Crippen LogP contribution in [0.5, 0.6) is 0 Å². The Balaban J connectivity index is 2.77. The van der Waals surface area contributed by atoms with Gasteiger partial charge in [0.05, 0.1) is 30.3 Å². The summed E-state index contributed by atoms with van der Waals surface area (Å²) in [5, 5.41) is 32.7. The SMILES string of the molecule is CC/C=C\[C@H](C)[C@H](OC(N)=O)[C@@H](C)[C@H](O)[C@@H](C)C/C(C)=C\[C@H](C)[C@@H](O)[C@@H](C)/C=C\[C@@H](O)CC1OC(=O)[C@H](C)[C@@H](OC)[C@H]1C. The number of cyclic esters (lactones) is 1. The zero-order valence-electron chi connectivity index (χ0n) is 28.0. The highest BCUT2D eigenvalue weighted by atomic mass is 16.6. The molecule has 0 saturated carbocycles. The minimum atomic E-state index is -0.857. The van der Waals surface area contributed by atoms with Gasteiger partial charge in [-0.3, -0.25) is 4.79 Å². The van der Waals surface area contributed by atoms with Crippen LogP contribution in [0.2, 0.25) is 0 Å². The van der Waals surface area contributed by atoms with E-state index in [1.807, 2.05) is 73.6 Å². The Morgan fingerprint density at radius 1 is 1.00 bits per heavy atom. The number of carbonyl (C=O) groups excluding carboxylic acids is 2. The molecule has 1 aliphatic heterocycles. The Morgan fingerprint density at radius 2 is 1.63 bits per heavy atom. The molecule has 43 heavy (non-hydrogen) atoms. The highest BCUT2D eigenvalue weighted by molar-refractivity contribution is 5.74. The van der Waals surface area contributed by atoms with E-state index < -0.39 is 36.6 Å². The first-order valence-corrected chi connectivity index (χ1v) is 15.8. The molecule has 0 aromatic heterocycles. The molecule has 0 aromatic carbocycles. The van der Waals surface area contributed by atoms with Gasteiger partial charge >= 0.3 is 12.1 Å². The number of esters is 1. The number of allylic oxidation sites excluding steroid dienone is 2. The van der Waals surface area contributed by atoms with Gasteiger partial charge in [0, 0.05) is 43.1 Å². The molecule has 5 N–H and O–H groups in total. The van der Waals surface area contributed by atoms with Gasteiger partial charge in [0.2, 0.25) is 0 Å². The van der Waals surface area contributed by atoms with Crippen LogP contribution in [0.25, 0.3) is 0 Å². The third kappa shape index (κ3) is 12.0. The molecule has 9 nitrogen and oxygen atoms in total. The first kappa shape index (κ1) is 38.8. The summed E-state index contributed by atoms with van der Waals surface area (Å²) in [7, 11) is 1.58. The quantitative estimate of drug-likeness (QED) is 0.130. The summed E-state index contributed by atoms with van der Waals surface area (Å²) < 4.78 is 16.5. The second kappa shape index (κ2) is 18.6. The van der Waals surface area contributed by atoms with Gasteiger partial charge in [-0.15, -0.1) is 0 Å². The van der Waals surface area contributed by atoms with E-state index in [1.54, 1.807) is 26.2 Å². The van der Waals surface area contributed by atoms with E-state index in [1.165, 1.54) is 0 Å². The number of primary amides is 1. The predicted molar refractivity (Wildman–Crippen MR) is 169 cm³/mol. The fourth-order valence-electron chi connectivity index (χ4n) is 6.30. The molecule has 1 amide bonds. The number of aliphatic hydroxyl groups excluding tert-OH is 3. The minimum Gasteiger partial charge on any atom is -0.462 e. The van der Waals surface area contributed by atoms with Crippen LogP contribution in [-0.4, -0.2) is 71.1 Å². The zero-order chi connectivity index (χ0) is 33.0. The van der Waals surface area contributed by atoms with E-state index in [9.17, 15) is 24.9 Å². The topological polar surface area (TPSA) is 149 Å². The van der Waals surface area contributed by atoms with Crippen LogP contribution in [0.3, 0.4) is 0 Å². The standard InChI is InChI=1S/C34H59NO8/c1-11-12-13-21(4)31(43-34(35)40)25(8)30(38)23(6)17-19(2)16-22(5)29(37)20(3)14-15-27(36)18-28-24(7)32(41-10)26(9)33(39)42-28/h12-16,20-32,36-38H,11,17-18H2,1-10H3,(H2,35,40)/b13-12-,15-14-,19-16-/t20-,21-,22-,23-,24-,25-,26+,27+,28?,29-,30+,31-,32-/m0/s1. The first-order chi connectivity index (χ1) is 20.0. The predicted octanol–water partition coefficient (Wildman–Crippen LogP) is 5.18. The van der Waals surface area contributed by atoms with Crippen LogP contribution in [0.1, 0.15) is 81.6 Å². The summed E-state index contributed by atoms with van der Waals surface area (Å²) in [6.45, 7) is 17.3. The average molecular weight is 610 g/mol. The molecule has 1 aliphatic rings. The number of aliphatic hydroxyl groups is 3. The smallest absolute Gasteiger partial charge is 0.404 e. The number of hydrogen-bond donors (Lipinski definition) is 4. The minimum absolute atomic E-state index is 0.0522. The normalized spacial score (nSPS) is 28.0. The van der Waals surface area contributed by atoms with Crippen molar-refractivity contribution in [1.29, 1.82) is 0 Å². The van der Waals surface area contributed by atoms with Crippen molar-refractivity contribution in [3.8, 4) is 0 Å². The van der Waals surface area contributed by atoms with Crippen molar-refractivity contribution in [1.82, 2.24) is 0 Å². The van der Waals surface area contributed by atoms with Crippen molar-refractivity contribution in [3.05, 3.63) is 36.0 Å². The van der Waals surface area contributed by atoms with Gasteiger partial charge in [0.25, 0.3) is 0 Å². The Morgan fingerprint density at radius 3 is 2.19 bits per heavy atom. The fraction of sp³-hybridized carbons (Fsp3) is 0.765. The van der Waals surface area contributed by atoms with Crippen molar-refractivity contribution >= 4 is 12.1 Å². The van der Waals surface area contributed by atoms with Gasteiger partial charge < -0.3 is 35.3 Å². The maximum absolute atomic E-state index is 12.2. The summed E-state index contributed by atoms with van der Waals surface area (Å²) in [6, 6.07) is 0. The molecule has 0 spiro atoms. The van der Waals surface area contributed by atoms with Crippen LogP contribution in [0, 0.1) is 41.4 Å². The largest absolute Gasteiger partial charge is 0.462 e. The van der Waals surface area contributed by atoms with Crippen molar-refractivity contribution < 1.29 is 39.1 Å². The van der Waals surface area contributed by atoms with Gasteiger partial charge in [0.1, 0.15) is 12.2 Å². The maximum atomic E-state index is 12.2. The van der Waals surface area contributed by atoms with Crippen LogP contribution in [0.4, 0.5) is 4.79 Å². The number of ether oxygens (including phenoxy) is 3. The lowest BCUT2D eigenvalue weighted by atomic mass is 9.81. The van der Waals surface area contributed by atoms with Crippen molar-refractivity contribution in [2.45, 2.75) is 118 Å². The van der Waals surface area contributed by atoms with E-state index >= 15 is 0 Å². The molecule has 1 unspecified atom stereocenters. The Hall–Kier alpha value is -2.20. The lowest BCUT2D eigenvalue weighted by molar-refractivity contribution is -0.182. The summed E-state index contributed by atoms with van der Waals surface area (Å²) in [5.74, 6) is -1.70. The Labute approximate surface area is 259 Å². The van der Waals surface area contributed by atoms with Gasteiger partial charge in [-0.25, -0.2) is 4.79 Å². The average Bonchev–Trinajstić information content (AvgIpc) is 2.94. The van der Waals surface area contributed by atoms with E-state index in [0.29, 0.717) is 6.42 Å². The number of nitrogens with two attached hydrogens (primary N) is 1. The van der Waals surface area contributed by atoms with Crippen LogP contribution < -0.4 is 5.73 Å². The number of carbonyl (C=O) groups is 2. The highest BCUT2D eigenvalue weighted by Gasteiger charge is 2.42. The Kier molecular flexibility index (Phi) is 16.8. The van der Waals surface area contributed by atoms with Crippen LogP contribution in [0.15, 0.2) is 36.0 Å². The van der Waals surface area contributed by atoms with Gasteiger partial charge in [-0.05, 0) is 32.6 Å². The molecule has 248 valence electrons. The fourth-order valence-corrected chi connectivity index (χ4v) is 6.30. The highest BCUT2D eigenvalue weighted by Crippen LogP contribution is 2.32. The van der Waals surface area contributed by atoms with Crippen LogP contribution >= 0.6 is 0 Å². The molecule has 13 atom stereocenters. The lowest BCUT2D eigenvalue weighted by Gasteiger charge is -2.38. The van der Waals surface area contributed by atoms with Gasteiger partial charge in [-0.2, -0.15) is 0 Å². The number of hydrogen-bond acceptors (Lipinski definition) is 8. The van der Waals surface area contributed by atoms with Gasteiger partial charge in [0.15, 0.2) is 0 Å². The number of amides is 1. The molecule has 1 fully saturated rings. The second-order valence-corrected chi connectivity index (χ2v) is 12.9. The third-order valence-corrected chi connectivity index (χ3v) is 8.97. The van der Waals surface area contributed by atoms with Crippen molar-refractivity contribution in [3.63, 3.8) is 0 Å². The number of methoxy groups -OCH3 is 1. The lowest BCUT2D eigenvalue weighted by Crippen LogP contribution is -2.48. The summed E-state index contributed by atoms with van der Waals surface area (Å²) >= 11 is 0.